The lowest BCUT2D eigenvalue weighted by Gasteiger charge is -2.22. The molecule has 0 aliphatic rings. The van der Waals surface area contributed by atoms with Gasteiger partial charge in [-0.1, -0.05) is 0 Å². The highest BCUT2D eigenvalue weighted by molar-refractivity contribution is 5.94. The summed E-state index contributed by atoms with van der Waals surface area (Å²) in [5, 5.41) is 8.99. The number of aromatic amines is 1. The summed E-state index contributed by atoms with van der Waals surface area (Å²) in [6, 6.07) is 12.1. The number of carbonyl (C=O) groups is 2. The number of nitriles is 1. The van der Waals surface area contributed by atoms with Crippen molar-refractivity contribution in [3.05, 3.63) is 82.1 Å². The maximum atomic E-state index is 13.2. The van der Waals surface area contributed by atoms with Gasteiger partial charge in [0.2, 0.25) is 0 Å². The lowest BCUT2D eigenvalue weighted by Crippen LogP contribution is -2.30. The van der Waals surface area contributed by atoms with Crippen LogP contribution in [0.5, 0.6) is 0 Å². The largest absolute Gasteiger partial charge is 0.467 e. The van der Waals surface area contributed by atoms with Crippen LogP contribution in [0, 0.1) is 25.2 Å². The number of esters is 1. The van der Waals surface area contributed by atoms with E-state index < -0.39 is 5.97 Å². The highest BCUT2D eigenvalue weighted by Gasteiger charge is 2.23. The molecule has 2 aromatic heterocycles. The van der Waals surface area contributed by atoms with Crippen molar-refractivity contribution in [3.63, 3.8) is 0 Å². The molecule has 30 heavy (non-hydrogen) atoms. The third-order valence-corrected chi connectivity index (χ3v) is 4.90. The van der Waals surface area contributed by atoms with Crippen molar-refractivity contribution in [2.75, 3.05) is 6.61 Å². The number of aryl methyl sites for hydroxylation is 1. The molecule has 1 amide bonds. The Hall–Kier alpha value is -3.79. The van der Waals surface area contributed by atoms with E-state index in [0.29, 0.717) is 22.6 Å². The molecule has 0 spiro atoms. The number of hydrogen-bond donors (Lipinski definition) is 1. The fraction of sp³-hybridized carbons (Fsp3) is 0.261. The van der Waals surface area contributed by atoms with Gasteiger partial charge in [-0.2, -0.15) is 5.26 Å². The summed E-state index contributed by atoms with van der Waals surface area (Å²) in [7, 11) is 0. The second-order valence-corrected chi connectivity index (χ2v) is 6.88. The van der Waals surface area contributed by atoms with Crippen molar-refractivity contribution < 1.29 is 18.7 Å². The summed E-state index contributed by atoms with van der Waals surface area (Å²) in [6.45, 7) is 6.29. The average molecular weight is 405 g/mol. The number of nitrogens with one attached hydrogen (secondary N) is 1. The quantitative estimate of drug-likeness (QED) is 0.596. The van der Waals surface area contributed by atoms with Crippen LogP contribution in [0.1, 0.15) is 55.9 Å². The predicted molar refractivity (Wildman–Crippen MR) is 110 cm³/mol. The van der Waals surface area contributed by atoms with Gasteiger partial charge in [0.15, 0.2) is 0 Å². The van der Waals surface area contributed by atoms with Crippen LogP contribution in [0.3, 0.4) is 0 Å². The van der Waals surface area contributed by atoms with Gasteiger partial charge in [-0.3, -0.25) is 4.79 Å². The minimum atomic E-state index is -0.416. The van der Waals surface area contributed by atoms with Gasteiger partial charge in [0.1, 0.15) is 11.5 Å². The first-order valence-electron chi connectivity index (χ1n) is 9.61. The van der Waals surface area contributed by atoms with E-state index in [9.17, 15) is 9.59 Å². The topological polar surface area (TPSA) is 99.3 Å². The van der Waals surface area contributed by atoms with E-state index in [2.05, 4.69) is 4.98 Å². The van der Waals surface area contributed by atoms with Crippen molar-refractivity contribution in [2.45, 2.75) is 33.9 Å². The number of hydrogen-bond acceptors (Lipinski definition) is 5. The van der Waals surface area contributed by atoms with Crippen molar-refractivity contribution >= 4 is 11.9 Å². The number of carbonyl (C=O) groups excluding carboxylic acids is 2. The predicted octanol–water partition coefficient (Wildman–Crippen LogP) is 4.12. The van der Waals surface area contributed by atoms with Crippen LogP contribution in [-0.2, 0) is 17.8 Å². The van der Waals surface area contributed by atoms with Crippen molar-refractivity contribution in [2.24, 2.45) is 0 Å². The summed E-state index contributed by atoms with van der Waals surface area (Å²) in [5.41, 5.74) is 3.76. The van der Waals surface area contributed by atoms with Crippen LogP contribution < -0.4 is 0 Å². The van der Waals surface area contributed by atoms with E-state index in [1.165, 1.54) is 0 Å². The number of benzene rings is 1. The molecule has 3 rings (SSSR count). The maximum absolute atomic E-state index is 13.2. The molecular weight excluding hydrogens is 382 g/mol. The minimum absolute atomic E-state index is 0.200. The average Bonchev–Trinajstić information content (AvgIpc) is 3.36. The zero-order valence-corrected chi connectivity index (χ0v) is 17.2. The molecule has 0 atom stereocenters. The molecule has 0 fully saturated rings. The van der Waals surface area contributed by atoms with Gasteiger partial charge in [-0.25, -0.2) is 4.79 Å². The highest BCUT2D eigenvalue weighted by atomic mass is 16.5. The normalized spacial score (nSPS) is 10.5. The number of rotatable bonds is 7. The van der Waals surface area contributed by atoms with E-state index in [-0.39, 0.29) is 25.6 Å². The zero-order valence-electron chi connectivity index (χ0n) is 17.2. The molecule has 2 heterocycles. The number of aromatic nitrogens is 1. The lowest BCUT2D eigenvalue weighted by atomic mass is 10.1. The monoisotopic (exact) mass is 405 g/mol. The van der Waals surface area contributed by atoms with Gasteiger partial charge in [0.25, 0.3) is 5.91 Å². The first-order chi connectivity index (χ1) is 14.4. The Morgan fingerprint density at radius 3 is 2.50 bits per heavy atom. The van der Waals surface area contributed by atoms with Crippen LogP contribution in [0.2, 0.25) is 0 Å². The van der Waals surface area contributed by atoms with E-state index in [1.54, 1.807) is 54.5 Å². The number of ether oxygens (including phenoxy) is 1. The van der Waals surface area contributed by atoms with Crippen molar-refractivity contribution in [1.82, 2.24) is 9.88 Å². The molecule has 7 nitrogen and oxygen atoms in total. The van der Waals surface area contributed by atoms with E-state index in [1.807, 2.05) is 19.9 Å². The number of furan rings is 1. The molecular formula is C23H23N3O4. The zero-order chi connectivity index (χ0) is 21.7. The van der Waals surface area contributed by atoms with Gasteiger partial charge >= 0.3 is 5.97 Å². The molecule has 0 bridgehead atoms. The number of H-pyrrole nitrogens is 1. The SMILES string of the molecule is CCOC(=O)c1[nH]c(C)c(CN(Cc2ccco2)C(=O)c2ccc(C#N)cc2)c1C. The third-order valence-electron chi connectivity index (χ3n) is 4.90. The Morgan fingerprint density at radius 1 is 1.17 bits per heavy atom. The number of nitrogens with zero attached hydrogens (tertiary/aromatic N) is 2. The lowest BCUT2D eigenvalue weighted by molar-refractivity contribution is 0.0519. The summed E-state index contributed by atoms with van der Waals surface area (Å²) in [6.07, 6.45) is 1.56. The van der Waals surface area contributed by atoms with E-state index in [0.717, 1.165) is 16.8 Å². The fourth-order valence-electron chi connectivity index (χ4n) is 3.28. The van der Waals surface area contributed by atoms with Gasteiger partial charge < -0.3 is 19.0 Å². The maximum Gasteiger partial charge on any atom is 0.355 e. The molecule has 0 aliphatic heterocycles. The molecule has 0 saturated heterocycles. The van der Waals surface area contributed by atoms with Crippen LogP contribution in [0.4, 0.5) is 0 Å². The second-order valence-electron chi connectivity index (χ2n) is 6.88. The van der Waals surface area contributed by atoms with Gasteiger partial charge in [-0.15, -0.1) is 0 Å². The Morgan fingerprint density at radius 2 is 1.90 bits per heavy atom. The summed E-state index contributed by atoms with van der Waals surface area (Å²) >= 11 is 0. The molecule has 0 aliphatic carbocycles. The molecule has 0 radical (unpaired) electrons. The molecule has 154 valence electrons. The van der Waals surface area contributed by atoms with E-state index in [4.69, 9.17) is 14.4 Å². The van der Waals surface area contributed by atoms with Gasteiger partial charge in [0.05, 0.1) is 31.0 Å². The molecule has 1 N–H and O–H groups in total. The molecule has 0 unspecified atom stereocenters. The molecule has 3 aromatic rings. The minimum Gasteiger partial charge on any atom is -0.467 e. The van der Waals surface area contributed by atoms with Crippen LogP contribution in [0.15, 0.2) is 47.1 Å². The molecule has 7 heteroatoms. The van der Waals surface area contributed by atoms with Gasteiger partial charge in [-0.05, 0) is 68.3 Å². The Labute approximate surface area is 174 Å². The second kappa shape index (κ2) is 9.14. The highest BCUT2D eigenvalue weighted by Crippen LogP contribution is 2.23. The first-order valence-corrected chi connectivity index (χ1v) is 9.61. The Balaban J connectivity index is 1.92. The summed E-state index contributed by atoms with van der Waals surface area (Å²) in [5.74, 6) is 0.0300. The fourth-order valence-corrected chi connectivity index (χ4v) is 3.28. The van der Waals surface area contributed by atoms with Crippen LogP contribution in [-0.4, -0.2) is 28.4 Å². The standard InChI is InChI=1S/C23H23N3O4/c1-4-29-23(28)21-15(2)20(16(3)25-21)14-26(13-19-6-5-11-30-19)22(27)18-9-7-17(12-24)8-10-18/h5-11,25H,4,13-14H2,1-3H3. The smallest absolute Gasteiger partial charge is 0.355 e. The van der Waals surface area contributed by atoms with Crippen molar-refractivity contribution in [1.29, 1.82) is 5.26 Å². The Kier molecular flexibility index (Phi) is 6.38. The summed E-state index contributed by atoms with van der Waals surface area (Å²) in [4.78, 5) is 30.2. The van der Waals surface area contributed by atoms with Gasteiger partial charge in [0, 0.05) is 17.8 Å². The molecule has 1 aromatic carbocycles. The third kappa shape index (κ3) is 4.44. The molecule has 0 saturated carbocycles. The first kappa shape index (κ1) is 20.9. The van der Waals surface area contributed by atoms with Crippen LogP contribution >= 0.6 is 0 Å². The summed E-state index contributed by atoms with van der Waals surface area (Å²) < 4.78 is 10.6. The van der Waals surface area contributed by atoms with Crippen molar-refractivity contribution in [3.8, 4) is 6.07 Å². The Bertz CT molecular complexity index is 1070. The number of amides is 1. The van der Waals surface area contributed by atoms with E-state index >= 15 is 0 Å². The van der Waals surface area contributed by atoms with Crippen LogP contribution in [0.25, 0.3) is 0 Å².